The average Bonchev–Trinajstić information content (AvgIpc) is 2.43. The maximum Gasteiger partial charge on any atom is 0.133 e. The fourth-order valence-electron chi connectivity index (χ4n) is 2.86. The number of rotatable bonds is 7. The molecule has 1 aliphatic carbocycles. The Hall–Kier alpha value is -1.13. The topological polar surface area (TPSA) is 48.4 Å². The molecular formula is C16H27N3O. The van der Waals surface area contributed by atoms with Gasteiger partial charge in [0.1, 0.15) is 5.82 Å². The van der Waals surface area contributed by atoms with Gasteiger partial charge in [-0.3, -0.25) is 0 Å². The number of aliphatic hydroxyl groups is 1. The number of aliphatic hydroxyl groups excluding tert-OH is 1. The summed E-state index contributed by atoms with van der Waals surface area (Å²) in [4.78, 5) is 6.79. The molecule has 1 aromatic rings. The van der Waals surface area contributed by atoms with Gasteiger partial charge in [0, 0.05) is 31.4 Å². The molecule has 1 saturated carbocycles. The smallest absolute Gasteiger partial charge is 0.133 e. The number of anilines is 1. The van der Waals surface area contributed by atoms with Crippen molar-refractivity contribution in [1.29, 1.82) is 0 Å². The molecule has 1 atom stereocenters. The van der Waals surface area contributed by atoms with Crippen molar-refractivity contribution in [3.8, 4) is 0 Å². The second-order valence-electron chi connectivity index (χ2n) is 5.96. The quantitative estimate of drug-likeness (QED) is 0.803. The largest absolute Gasteiger partial charge is 0.393 e. The van der Waals surface area contributed by atoms with Gasteiger partial charge in [-0.25, -0.2) is 4.98 Å². The van der Waals surface area contributed by atoms with E-state index in [2.05, 4.69) is 42.2 Å². The summed E-state index contributed by atoms with van der Waals surface area (Å²) in [5.74, 6) is 1.66. The van der Waals surface area contributed by atoms with Gasteiger partial charge >= 0.3 is 0 Å². The third kappa shape index (κ3) is 3.70. The van der Waals surface area contributed by atoms with Gasteiger partial charge in [-0.05, 0) is 44.7 Å². The Morgan fingerprint density at radius 3 is 2.90 bits per heavy atom. The molecule has 0 radical (unpaired) electrons. The highest BCUT2D eigenvalue weighted by Gasteiger charge is 2.28. The Morgan fingerprint density at radius 1 is 1.50 bits per heavy atom. The maximum atomic E-state index is 9.40. The summed E-state index contributed by atoms with van der Waals surface area (Å²) < 4.78 is 0. The highest BCUT2D eigenvalue weighted by molar-refractivity contribution is 5.47. The van der Waals surface area contributed by atoms with Crippen molar-refractivity contribution in [2.24, 2.45) is 5.92 Å². The van der Waals surface area contributed by atoms with E-state index < -0.39 is 0 Å². The molecule has 2 N–H and O–H groups in total. The third-order valence-corrected chi connectivity index (χ3v) is 4.09. The van der Waals surface area contributed by atoms with E-state index in [1.54, 1.807) is 0 Å². The van der Waals surface area contributed by atoms with Crippen LogP contribution in [-0.4, -0.2) is 36.3 Å². The lowest BCUT2D eigenvalue weighted by Gasteiger charge is -2.35. The van der Waals surface area contributed by atoms with E-state index >= 15 is 0 Å². The normalized spacial score (nSPS) is 23.2. The molecule has 20 heavy (non-hydrogen) atoms. The van der Waals surface area contributed by atoms with Gasteiger partial charge in [-0.2, -0.15) is 0 Å². The van der Waals surface area contributed by atoms with Crippen LogP contribution in [0.4, 0.5) is 5.82 Å². The van der Waals surface area contributed by atoms with Gasteiger partial charge in [-0.15, -0.1) is 0 Å². The van der Waals surface area contributed by atoms with E-state index in [4.69, 9.17) is 0 Å². The van der Waals surface area contributed by atoms with Crippen molar-refractivity contribution in [2.75, 3.05) is 25.0 Å². The van der Waals surface area contributed by atoms with Gasteiger partial charge in [0.05, 0.1) is 6.10 Å². The Balaban J connectivity index is 2.02. The summed E-state index contributed by atoms with van der Waals surface area (Å²) in [5.41, 5.74) is 1.25. The molecule has 4 nitrogen and oxygen atoms in total. The molecule has 0 aromatic carbocycles. The molecule has 112 valence electrons. The lowest BCUT2D eigenvalue weighted by Crippen LogP contribution is -2.38. The van der Waals surface area contributed by atoms with E-state index in [0.717, 1.165) is 38.2 Å². The molecule has 0 bridgehead atoms. The number of hydrogen-bond donors (Lipinski definition) is 2. The molecular weight excluding hydrogens is 250 g/mol. The first-order chi connectivity index (χ1) is 9.61. The summed E-state index contributed by atoms with van der Waals surface area (Å²) >= 11 is 0. The van der Waals surface area contributed by atoms with Crippen LogP contribution in [-0.2, 0) is 0 Å². The fraction of sp³-hybridized carbons (Fsp3) is 0.688. The lowest BCUT2D eigenvalue weighted by atomic mass is 9.82. The van der Waals surface area contributed by atoms with Crippen LogP contribution in [0.15, 0.2) is 18.3 Å². The van der Waals surface area contributed by atoms with Crippen molar-refractivity contribution in [1.82, 2.24) is 10.3 Å². The number of hydrogen-bond acceptors (Lipinski definition) is 4. The van der Waals surface area contributed by atoms with Gasteiger partial charge < -0.3 is 15.3 Å². The van der Waals surface area contributed by atoms with Crippen LogP contribution < -0.4 is 10.2 Å². The molecule has 1 aromatic heterocycles. The second kappa shape index (κ2) is 7.04. The van der Waals surface area contributed by atoms with Gasteiger partial charge in [-0.1, -0.05) is 13.0 Å². The Morgan fingerprint density at radius 2 is 2.25 bits per heavy atom. The van der Waals surface area contributed by atoms with Crippen molar-refractivity contribution >= 4 is 5.82 Å². The van der Waals surface area contributed by atoms with Crippen molar-refractivity contribution in [3.05, 3.63) is 23.9 Å². The van der Waals surface area contributed by atoms with Crippen molar-refractivity contribution in [3.63, 3.8) is 0 Å². The van der Waals surface area contributed by atoms with Crippen molar-refractivity contribution in [2.45, 2.75) is 45.3 Å². The van der Waals surface area contributed by atoms with Gasteiger partial charge in [0.25, 0.3) is 0 Å². The summed E-state index contributed by atoms with van der Waals surface area (Å²) in [6, 6.07) is 4.47. The number of nitrogens with one attached hydrogen (secondary N) is 1. The SMILES string of the molecule is CCCNC(C)c1cccnc1N(C)CC1CC(O)C1. The van der Waals surface area contributed by atoms with E-state index in [9.17, 15) is 5.11 Å². The van der Waals surface area contributed by atoms with Crippen LogP contribution in [0, 0.1) is 5.92 Å². The predicted octanol–water partition coefficient (Wildman–Crippen LogP) is 2.35. The predicted molar refractivity (Wildman–Crippen MR) is 82.9 cm³/mol. The first-order valence-corrected chi connectivity index (χ1v) is 7.69. The highest BCUT2D eigenvalue weighted by Crippen LogP contribution is 2.30. The molecule has 1 heterocycles. The van der Waals surface area contributed by atoms with E-state index in [1.807, 2.05) is 12.3 Å². The summed E-state index contributed by atoms with van der Waals surface area (Å²) in [7, 11) is 2.10. The molecule has 0 saturated heterocycles. The third-order valence-electron chi connectivity index (χ3n) is 4.09. The molecule has 1 unspecified atom stereocenters. The van der Waals surface area contributed by atoms with Crippen LogP contribution in [0.3, 0.4) is 0 Å². The zero-order chi connectivity index (χ0) is 14.5. The molecule has 2 rings (SSSR count). The number of aromatic nitrogens is 1. The van der Waals surface area contributed by atoms with Crippen LogP contribution >= 0.6 is 0 Å². The molecule has 1 aliphatic rings. The number of nitrogens with zero attached hydrogens (tertiary/aromatic N) is 2. The van der Waals surface area contributed by atoms with Crippen LogP contribution in [0.5, 0.6) is 0 Å². The minimum absolute atomic E-state index is 0.0817. The second-order valence-corrected chi connectivity index (χ2v) is 5.96. The maximum absolute atomic E-state index is 9.40. The summed E-state index contributed by atoms with van der Waals surface area (Å²) in [6.45, 7) is 6.37. The molecule has 1 fully saturated rings. The van der Waals surface area contributed by atoms with E-state index in [0.29, 0.717) is 12.0 Å². The first kappa shape index (κ1) is 15.3. The zero-order valence-corrected chi connectivity index (χ0v) is 12.8. The number of pyridine rings is 1. The van der Waals surface area contributed by atoms with Crippen LogP contribution in [0.1, 0.15) is 44.7 Å². The molecule has 0 amide bonds. The Kier molecular flexibility index (Phi) is 5.38. The standard InChI is InChI=1S/C16H27N3O/c1-4-7-17-12(2)15-6-5-8-18-16(15)19(3)11-13-9-14(20)10-13/h5-6,8,12-14,17,20H,4,7,9-11H2,1-3H3. The van der Waals surface area contributed by atoms with Crippen LogP contribution in [0.25, 0.3) is 0 Å². The van der Waals surface area contributed by atoms with E-state index in [-0.39, 0.29) is 6.10 Å². The highest BCUT2D eigenvalue weighted by atomic mass is 16.3. The molecule has 0 spiro atoms. The monoisotopic (exact) mass is 277 g/mol. The first-order valence-electron chi connectivity index (χ1n) is 7.69. The minimum atomic E-state index is -0.0817. The average molecular weight is 277 g/mol. The molecule has 4 heteroatoms. The summed E-state index contributed by atoms with van der Waals surface area (Å²) in [5, 5.41) is 12.9. The minimum Gasteiger partial charge on any atom is -0.393 e. The summed E-state index contributed by atoms with van der Waals surface area (Å²) in [6.07, 6.45) is 4.77. The fourth-order valence-corrected chi connectivity index (χ4v) is 2.86. The van der Waals surface area contributed by atoms with Crippen LogP contribution in [0.2, 0.25) is 0 Å². The zero-order valence-electron chi connectivity index (χ0n) is 12.8. The Labute approximate surface area is 122 Å². The lowest BCUT2D eigenvalue weighted by molar-refractivity contribution is 0.0464. The van der Waals surface area contributed by atoms with E-state index in [1.165, 1.54) is 5.56 Å². The van der Waals surface area contributed by atoms with Crippen molar-refractivity contribution < 1.29 is 5.11 Å². The van der Waals surface area contributed by atoms with Gasteiger partial charge in [0.2, 0.25) is 0 Å². The van der Waals surface area contributed by atoms with Gasteiger partial charge in [0.15, 0.2) is 0 Å². The molecule has 0 aliphatic heterocycles. The Bertz CT molecular complexity index is 418.